The van der Waals surface area contributed by atoms with Gasteiger partial charge in [0.05, 0.1) is 16.8 Å². The number of hydrogen-bond acceptors (Lipinski definition) is 9. The fourth-order valence-electron chi connectivity index (χ4n) is 2.78. The van der Waals surface area contributed by atoms with Crippen molar-refractivity contribution in [2.75, 3.05) is 10.6 Å². The Morgan fingerprint density at radius 1 is 1.24 bits per heavy atom. The summed E-state index contributed by atoms with van der Waals surface area (Å²) in [6, 6.07) is 9.35. The summed E-state index contributed by atoms with van der Waals surface area (Å²) in [5.74, 6) is -0.350. The number of hydrogen-bond donors (Lipinski definition) is 4. The lowest BCUT2D eigenvalue weighted by molar-refractivity contribution is -0.152. The fourth-order valence-corrected chi connectivity index (χ4v) is 3.91. The third-order valence-corrected chi connectivity index (χ3v) is 5.76. The normalized spacial score (nSPS) is 13.6. The summed E-state index contributed by atoms with van der Waals surface area (Å²) in [6.45, 7) is 13.3. The number of nitriles is 1. The van der Waals surface area contributed by atoms with Crippen LogP contribution in [0.25, 0.3) is 12.2 Å². The van der Waals surface area contributed by atoms with Crippen molar-refractivity contribution in [2.45, 2.75) is 73.6 Å². The van der Waals surface area contributed by atoms with Gasteiger partial charge in [-0.2, -0.15) is 5.26 Å². The van der Waals surface area contributed by atoms with E-state index < -0.39 is 5.41 Å². The molecule has 2 aromatic rings. The van der Waals surface area contributed by atoms with E-state index in [2.05, 4.69) is 21.0 Å². The Labute approximate surface area is 221 Å². The van der Waals surface area contributed by atoms with E-state index >= 15 is 0 Å². The maximum absolute atomic E-state index is 12.5. The minimum Gasteiger partial charge on any atom is -0.379 e. The molecule has 0 saturated carbocycles. The average molecular weight is 531 g/mol. The number of amides is 1. The molecule has 0 spiro atoms. The average Bonchev–Trinajstić information content (AvgIpc) is 3.11. The first-order valence-electron chi connectivity index (χ1n) is 12.0. The summed E-state index contributed by atoms with van der Waals surface area (Å²) in [5, 5.41) is 15.1. The fraction of sp³-hybridized carbons (Fsp3) is 0.462. The summed E-state index contributed by atoms with van der Waals surface area (Å²) < 4.78 is 2.84. The van der Waals surface area contributed by atoms with Crippen LogP contribution in [0.3, 0.4) is 0 Å². The number of nitrogens with one attached hydrogen (secondary N) is 3. The number of hydroxylamine groups is 1. The Balaban J connectivity index is 0.000000649. The molecule has 10 nitrogen and oxygen atoms in total. The second-order valence-electron chi connectivity index (χ2n) is 9.25. The van der Waals surface area contributed by atoms with E-state index in [-0.39, 0.29) is 29.6 Å². The highest BCUT2D eigenvalue weighted by molar-refractivity contribution is 7.07. The van der Waals surface area contributed by atoms with Crippen molar-refractivity contribution in [2.24, 2.45) is 11.1 Å². The molecule has 0 saturated heterocycles. The number of benzene rings is 1. The molecule has 5 N–H and O–H groups in total. The highest BCUT2D eigenvalue weighted by atomic mass is 32.1. The van der Waals surface area contributed by atoms with Gasteiger partial charge >= 0.3 is 5.97 Å². The maximum atomic E-state index is 12.5. The highest BCUT2D eigenvalue weighted by Gasteiger charge is 2.21. The predicted molar refractivity (Wildman–Crippen MR) is 149 cm³/mol. The first kappa shape index (κ1) is 31.6. The second-order valence-corrected chi connectivity index (χ2v) is 10.3. The summed E-state index contributed by atoms with van der Waals surface area (Å²) in [5.41, 5.74) is 8.53. The van der Waals surface area contributed by atoms with Gasteiger partial charge in [-0.15, -0.1) is 16.8 Å². The van der Waals surface area contributed by atoms with E-state index in [1.54, 1.807) is 18.4 Å². The van der Waals surface area contributed by atoms with Crippen LogP contribution < -0.4 is 36.6 Å². The van der Waals surface area contributed by atoms with Crippen LogP contribution in [0.15, 0.2) is 29.1 Å². The van der Waals surface area contributed by atoms with Crippen molar-refractivity contribution in [1.29, 1.82) is 5.26 Å². The van der Waals surface area contributed by atoms with Crippen LogP contribution in [0.4, 0.5) is 11.4 Å². The molecule has 11 heteroatoms. The van der Waals surface area contributed by atoms with Crippen LogP contribution in [-0.4, -0.2) is 28.7 Å². The Bertz CT molecular complexity index is 1270. The first-order chi connectivity index (χ1) is 17.3. The van der Waals surface area contributed by atoms with Gasteiger partial charge in [-0.1, -0.05) is 33.8 Å². The molecular formula is C26H38N6O4S. The molecule has 2 atom stereocenters. The Morgan fingerprint density at radius 2 is 1.89 bits per heavy atom. The zero-order valence-electron chi connectivity index (χ0n) is 22.5. The largest absolute Gasteiger partial charge is 0.379 e. The molecule has 202 valence electrons. The van der Waals surface area contributed by atoms with E-state index in [0.717, 1.165) is 5.69 Å². The molecule has 2 unspecified atom stereocenters. The van der Waals surface area contributed by atoms with E-state index in [1.165, 1.54) is 17.4 Å². The molecule has 0 aliphatic heterocycles. The quantitative estimate of drug-likeness (QED) is 0.300. The topological polar surface area (TPSA) is 151 Å². The number of nitrogens with zero attached hydrogens (tertiary/aromatic N) is 2. The molecule has 0 aliphatic carbocycles. The molecule has 0 bridgehead atoms. The lowest BCUT2D eigenvalue weighted by Gasteiger charge is -2.18. The minimum atomic E-state index is -0.471. The number of thiazole rings is 1. The van der Waals surface area contributed by atoms with Gasteiger partial charge in [0, 0.05) is 41.9 Å². The van der Waals surface area contributed by atoms with Gasteiger partial charge in [0.1, 0.15) is 4.66 Å². The SMILES string of the molecule is CCC(=O)ONC(C)N.CCn1c(=O)c(=CC(C)Nc2cccc(NC(=O)C(C)(C)C)c2)s/c1=C/C#N. The lowest BCUT2D eigenvalue weighted by Crippen LogP contribution is -2.35. The van der Waals surface area contributed by atoms with Crippen molar-refractivity contribution >= 4 is 46.7 Å². The van der Waals surface area contributed by atoms with Crippen molar-refractivity contribution < 1.29 is 14.4 Å². The van der Waals surface area contributed by atoms with Crippen LogP contribution in [-0.2, 0) is 21.0 Å². The molecule has 0 aliphatic rings. The van der Waals surface area contributed by atoms with Crippen molar-refractivity contribution in [3.63, 3.8) is 0 Å². The summed E-state index contributed by atoms with van der Waals surface area (Å²) >= 11 is 1.31. The number of rotatable bonds is 8. The molecule has 1 heterocycles. The maximum Gasteiger partial charge on any atom is 0.324 e. The third-order valence-electron chi connectivity index (χ3n) is 4.69. The molecule has 1 aromatic carbocycles. The summed E-state index contributed by atoms with van der Waals surface area (Å²) in [4.78, 5) is 39.5. The van der Waals surface area contributed by atoms with E-state index in [9.17, 15) is 14.4 Å². The minimum absolute atomic E-state index is 0.0516. The smallest absolute Gasteiger partial charge is 0.324 e. The van der Waals surface area contributed by atoms with Crippen molar-refractivity contribution in [3.8, 4) is 6.07 Å². The lowest BCUT2D eigenvalue weighted by atomic mass is 9.95. The second kappa shape index (κ2) is 14.9. The summed E-state index contributed by atoms with van der Waals surface area (Å²) in [7, 11) is 0. The van der Waals surface area contributed by atoms with Gasteiger partial charge in [0.25, 0.3) is 5.56 Å². The Kier molecular flexibility index (Phi) is 12.8. The monoisotopic (exact) mass is 530 g/mol. The Morgan fingerprint density at radius 3 is 2.43 bits per heavy atom. The standard InChI is InChI=1S/C21H26N4O2S.C5H12N2O2/c1-6-25-18(10-11-22)28-17(19(25)26)12-14(2)23-15-8-7-9-16(13-15)24-20(27)21(3,4)5;1-3-5(8)9-7-4(2)6/h7-10,12-14,23H,6H2,1-5H3,(H,24,27);4,7H,3,6H2,1-2H3/b17-12?,18-10+;. The van der Waals surface area contributed by atoms with Gasteiger partial charge in [0.2, 0.25) is 5.91 Å². The van der Waals surface area contributed by atoms with Gasteiger partial charge in [-0.3, -0.25) is 19.0 Å². The third kappa shape index (κ3) is 11.0. The number of anilines is 2. The van der Waals surface area contributed by atoms with Crippen LogP contribution in [0.5, 0.6) is 0 Å². The number of carbonyl (C=O) groups is 2. The van der Waals surface area contributed by atoms with Crippen LogP contribution in [0, 0.1) is 16.7 Å². The van der Waals surface area contributed by atoms with E-state index in [1.807, 2.05) is 71.0 Å². The molecule has 37 heavy (non-hydrogen) atoms. The zero-order valence-corrected chi connectivity index (χ0v) is 23.4. The van der Waals surface area contributed by atoms with Gasteiger partial charge in [-0.05, 0) is 45.0 Å². The molecule has 2 rings (SSSR count). The molecule has 0 fully saturated rings. The van der Waals surface area contributed by atoms with Gasteiger partial charge in [0.15, 0.2) is 0 Å². The molecule has 0 radical (unpaired) electrons. The van der Waals surface area contributed by atoms with Crippen LogP contribution in [0.2, 0.25) is 0 Å². The first-order valence-corrected chi connectivity index (χ1v) is 12.8. The van der Waals surface area contributed by atoms with E-state index in [0.29, 0.717) is 27.8 Å². The van der Waals surface area contributed by atoms with Crippen LogP contribution in [0.1, 0.15) is 54.9 Å². The highest BCUT2D eigenvalue weighted by Crippen LogP contribution is 2.20. The molecular weight excluding hydrogens is 492 g/mol. The number of nitrogens with two attached hydrogens (primary N) is 1. The van der Waals surface area contributed by atoms with Crippen molar-refractivity contribution in [1.82, 2.24) is 10.0 Å². The van der Waals surface area contributed by atoms with Crippen molar-refractivity contribution in [3.05, 3.63) is 43.8 Å². The Hall–Kier alpha value is -3.46. The van der Waals surface area contributed by atoms with E-state index in [4.69, 9.17) is 11.0 Å². The molecule has 1 amide bonds. The predicted octanol–water partition coefficient (Wildman–Crippen LogP) is 2.25. The van der Waals surface area contributed by atoms with Gasteiger partial charge in [-0.25, -0.2) is 0 Å². The zero-order chi connectivity index (χ0) is 28.2. The molecule has 1 aromatic heterocycles. The van der Waals surface area contributed by atoms with Gasteiger partial charge < -0.3 is 21.2 Å². The van der Waals surface area contributed by atoms with Crippen LogP contribution >= 0.6 is 11.3 Å². The number of carbonyl (C=O) groups excluding carboxylic acids is 2. The summed E-state index contributed by atoms with van der Waals surface area (Å²) in [6.07, 6.45) is 3.31. The number of aromatic nitrogens is 1.